The largest absolute Gasteiger partial charge is 0.481 e. The lowest BCUT2D eigenvalue weighted by Crippen LogP contribution is -2.15. The van der Waals surface area contributed by atoms with E-state index in [1.54, 1.807) is 12.1 Å². The van der Waals surface area contributed by atoms with Crippen LogP contribution in [0.15, 0.2) is 52.3 Å². The highest BCUT2D eigenvalue weighted by molar-refractivity contribution is 7.99. The van der Waals surface area contributed by atoms with Gasteiger partial charge in [-0.2, -0.15) is 0 Å². The van der Waals surface area contributed by atoms with Crippen molar-refractivity contribution < 1.29 is 14.8 Å². The topological polar surface area (TPSA) is 92.5 Å². The molecular formula is C18H20N2O4S. The Morgan fingerprint density at radius 3 is 2.60 bits per heavy atom. The number of nitrogens with zero attached hydrogens (tertiary/aromatic N) is 1. The first kappa shape index (κ1) is 19.0. The minimum absolute atomic E-state index is 0.0791. The van der Waals surface area contributed by atoms with Crippen LogP contribution in [0.25, 0.3) is 0 Å². The molecule has 0 amide bonds. The first-order chi connectivity index (χ1) is 12.0. The summed E-state index contributed by atoms with van der Waals surface area (Å²) in [6, 6.07) is 13.0. The highest BCUT2D eigenvalue weighted by Crippen LogP contribution is 2.35. The number of nitrogens with one attached hydrogen (secondary N) is 1. The van der Waals surface area contributed by atoms with Gasteiger partial charge in [0.1, 0.15) is 0 Å². The third-order valence-electron chi connectivity index (χ3n) is 3.54. The highest BCUT2D eigenvalue weighted by Gasteiger charge is 2.15. The third-order valence-corrected chi connectivity index (χ3v) is 4.62. The van der Waals surface area contributed by atoms with Crippen LogP contribution in [-0.4, -0.2) is 22.5 Å². The molecule has 0 unspecified atom stereocenters. The van der Waals surface area contributed by atoms with E-state index < -0.39 is 5.97 Å². The van der Waals surface area contributed by atoms with Crippen LogP contribution in [0.4, 0.5) is 5.69 Å². The van der Waals surface area contributed by atoms with Gasteiger partial charge in [0, 0.05) is 23.9 Å². The second kappa shape index (κ2) is 9.19. The summed E-state index contributed by atoms with van der Waals surface area (Å²) < 4.78 is 0. The fraction of sp³-hybridized carbons (Fsp3) is 0.278. The Labute approximate surface area is 150 Å². The van der Waals surface area contributed by atoms with Crippen molar-refractivity contribution in [3.8, 4) is 0 Å². The second-order valence-electron chi connectivity index (χ2n) is 5.65. The van der Waals surface area contributed by atoms with E-state index in [0.29, 0.717) is 24.4 Å². The first-order valence-corrected chi connectivity index (χ1v) is 8.71. The molecule has 0 aliphatic rings. The fourth-order valence-electron chi connectivity index (χ4n) is 2.23. The number of benzene rings is 2. The minimum atomic E-state index is -0.824. The zero-order chi connectivity index (χ0) is 18.2. The van der Waals surface area contributed by atoms with E-state index in [2.05, 4.69) is 5.32 Å². The van der Waals surface area contributed by atoms with Crippen LogP contribution in [0.5, 0.6) is 0 Å². The Morgan fingerprint density at radius 2 is 1.96 bits per heavy atom. The third kappa shape index (κ3) is 6.21. The number of carbonyl (C=O) groups is 1. The number of rotatable bonds is 9. The normalized spacial score (nSPS) is 10.6. The Hall–Kier alpha value is -2.38. The van der Waals surface area contributed by atoms with Crippen molar-refractivity contribution in [3.05, 3.63) is 63.7 Å². The number of hydrogen-bond acceptors (Lipinski definition) is 5. The van der Waals surface area contributed by atoms with Gasteiger partial charge in [-0.05, 0) is 43.7 Å². The number of carboxylic acids is 1. The van der Waals surface area contributed by atoms with Crippen LogP contribution >= 0.6 is 11.8 Å². The lowest BCUT2D eigenvalue weighted by Gasteiger charge is -2.07. The maximum Gasteiger partial charge on any atom is 0.303 e. The predicted molar refractivity (Wildman–Crippen MR) is 97.0 cm³/mol. The number of nitro benzene ring substituents is 1. The summed E-state index contributed by atoms with van der Waals surface area (Å²) in [5, 5.41) is 23.1. The maximum atomic E-state index is 11.4. The van der Waals surface area contributed by atoms with Gasteiger partial charge in [-0.15, -0.1) is 0 Å². The van der Waals surface area contributed by atoms with Gasteiger partial charge in [0.15, 0.2) is 0 Å². The fourth-order valence-corrected chi connectivity index (χ4v) is 3.13. The quantitative estimate of drug-likeness (QED) is 0.399. The molecule has 2 aromatic rings. The van der Waals surface area contributed by atoms with Crippen LogP contribution in [-0.2, 0) is 11.3 Å². The summed E-state index contributed by atoms with van der Waals surface area (Å²) in [7, 11) is 0. The lowest BCUT2D eigenvalue weighted by molar-refractivity contribution is -0.387. The van der Waals surface area contributed by atoms with Gasteiger partial charge >= 0.3 is 5.97 Å². The number of carboxylic acid groups (broad SMARTS) is 1. The summed E-state index contributed by atoms with van der Waals surface area (Å²) in [6.07, 6.45) is 0.637. The van der Waals surface area contributed by atoms with Crippen LogP contribution in [0, 0.1) is 17.0 Å². The average molecular weight is 360 g/mol. The predicted octanol–water partition coefficient (Wildman–Crippen LogP) is 4.01. The number of hydrogen-bond donors (Lipinski definition) is 2. The molecule has 25 heavy (non-hydrogen) atoms. The van der Waals surface area contributed by atoms with E-state index in [9.17, 15) is 14.9 Å². The molecule has 0 fully saturated rings. The number of nitro groups is 1. The van der Waals surface area contributed by atoms with Crippen molar-refractivity contribution in [3.63, 3.8) is 0 Å². The van der Waals surface area contributed by atoms with Gasteiger partial charge in [0.25, 0.3) is 5.69 Å². The Kier molecular flexibility index (Phi) is 6.97. The molecule has 0 heterocycles. The smallest absolute Gasteiger partial charge is 0.303 e. The SMILES string of the molecule is Cc1ccc(Sc2ccc(CNCCCC(=O)O)cc2[N+](=O)[O-])cc1. The summed E-state index contributed by atoms with van der Waals surface area (Å²) in [5.41, 5.74) is 2.02. The molecule has 2 rings (SSSR count). The van der Waals surface area contributed by atoms with Crippen LogP contribution in [0.1, 0.15) is 24.0 Å². The number of aryl methyl sites for hydroxylation is 1. The summed E-state index contributed by atoms with van der Waals surface area (Å²) in [5.74, 6) is -0.824. The van der Waals surface area contributed by atoms with Gasteiger partial charge in [0.2, 0.25) is 0 Å². The molecule has 0 aromatic heterocycles. The van der Waals surface area contributed by atoms with Crippen molar-refractivity contribution in [2.45, 2.75) is 36.1 Å². The molecule has 0 radical (unpaired) electrons. The molecule has 0 spiro atoms. The van der Waals surface area contributed by atoms with E-state index in [1.165, 1.54) is 11.8 Å². The average Bonchev–Trinajstić information content (AvgIpc) is 2.57. The summed E-state index contributed by atoms with van der Waals surface area (Å²) in [4.78, 5) is 23.0. The maximum absolute atomic E-state index is 11.4. The molecule has 0 saturated carbocycles. The van der Waals surface area contributed by atoms with Crippen LogP contribution in [0.2, 0.25) is 0 Å². The van der Waals surface area contributed by atoms with E-state index in [-0.39, 0.29) is 17.0 Å². The Bertz CT molecular complexity index is 747. The highest BCUT2D eigenvalue weighted by atomic mass is 32.2. The van der Waals surface area contributed by atoms with Crippen LogP contribution < -0.4 is 5.32 Å². The molecular weight excluding hydrogens is 340 g/mol. The van der Waals surface area contributed by atoms with Gasteiger partial charge in [0.05, 0.1) is 9.82 Å². The van der Waals surface area contributed by atoms with Gasteiger partial charge in [-0.1, -0.05) is 35.5 Å². The lowest BCUT2D eigenvalue weighted by atomic mass is 10.2. The van der Waals surface area contributed by atoms with E-state index >= 15 is 0 Å². The van der Waals surface area contributed by atoms with Crippen molar-refractivity contribution in [1.29, 1.82) is 0 Å². The Morgan fingerprint density at radius 1 is 1.24 bits per heavy atom. The standard InChI is InChI=1S/C18H20N2O4S/c1-13-4-7-15(8-5-13)25-17-9-6-14(11-16(17)20(23)24)12-19-10-2-3-18(21)22/h4-9,11,19H,2-3,10,12H2,1H3,(H,21,22). The molecule has 0 aliphatic heterocycles. The first-order valence-electron chi connectivity index (χ1n) is 7.90. The van der Waals surface area contributed by atoms with Crippen LogP contribution in [0.3, 0.4) is 0 Å². The number of aliphatic carboxylic acids is 1. The Balaban J connectivity index is 2.02. The molecule has 7 heteroatoms. The van der Waals surface area contributed by atoms with Gasteiger partial charge in [-0.3, -0.25) is 14.9 Å². The monoisotopic (exact) mass is 360 g/mol. The van der Waals surface area contributed by atoms with E-state index in [0.717, 1.165) is 16.0 Å². The molecule has 0 saturated heterocycles. The van der Waals surface area contributed by atoms with E-state index in [4.69, 9.17) is 5.11 Å². The zero-order valence-corrected chi connectivity index (χ0v) is 14.7. The molecule has 2 aromatic carbocycles. The summed E-state index contributed by atoms with van der Waals surface area (Å²) >= 11 is 1.37. The van der Waals surface area contributed by atoms with E-state index in [1.807, 2.05) is 37.3 Å². The minimum Gasteiger partial charge on any atom is -0.481 e. The molecule has 0 aliphatic carbocycles. The zero-order valence-electron chi connectivity index (χ0n) is 13.9. The molecule has 132 valence electrons. The van der Waals surface area contributed by atoms with Crippen molar-refractivity contribution in [1.82, 2.24) is 5.32 Å². The summed E-state index contributed by atoms with van der Waals surface area (Å²) in [6.45, 7) is 3.02. The van der Waals surface area contributed by atoms with Gasteiger partial charge < -0.3 is 10.4 Å². The second-order valence-corrected chi connectivity index (χ2v) is 6.76. The van der Waals surface area contributed by atoms with Gasteiger partial charge in [-0.25, -0.2) is 0 Å². The van der Waals surface area contributed by atoms with Crippen molar-refractivity contribution in [2.24, 2.45) is 0 Å². The molecule has 0 atom stereocenters. The molecule has 2 N–H and O–H groups in total. The van der Waals surface area contributed by atoms with Crippen molar-refractivity contribution >= 4 is 23.4 Å². The molecule has 6 nitrogen and oxygen atoms in total. The van der Waals surface area contributed by atoms with Crippen molar-refractivity contribution in [2.75, 3.05) is 6.54 Å². The molecule has 0 bridgehead atoms.